The van der Waals surface area contributed by atoms with Crippen molar-refractivity contribution in [3.05, 3.63) is 74.5 Å². The van der Waals surface area contributed by atoms with Crippen molar-refractivity contribution in [1.82, 2.24) is 9.97 Å². The highest BCUT2D eigenvalue weighted by atomic mass is 16.1. The Balaban J connectivity index is 1.94. The minimum Gasteiger partial charge on any atom is -0.376 e. The summed E-state index contributed by atoms with van der Waals surface area (Å²) in [6.07, 6.45) is 0.896. The summed E-state index contributed by atoms with van der Waals surface area (Å²) in [6, 6.07) is 15.2. The molecule has 0 fully saturated rings. The second-order valence-corrected chi connectivity index (χ2v) is 7.68. The number of pyridine rings is 2. The first kappa shape index (κ1) is 17.5. The maximum absolute atomic E-state index is 13.2. The Morgan fingerprint density at radius 2 is 1.41 bits per heavy atom. The van der Waals surface area contributed by atoms with Crippen molar-refractivity contribution in [2.24, 2.45) is 0 Å². The van der Waals surface area contributed by atoms with Crippen molar-refractivity contribution < 1.29 is 0 Å². The molecule has 3 aromatic carbocycles. The molecule has 0 bridgehead atoms. The molecule has 0 amide bonds. The lowest BCUT2D eigenvalue weighted by Gasteiger charge is -2.15. The number of anilines is 1. The molecule has 2 heterocycles. The molecule has 5 rings (SSSR count). The molecule has 0 unspecified atom stereocenters. The Kier molecular flexibility index (Phi) is 3.74. The third kappa shape index (κ3) is 2.54. The number of nitrogens with zero attached hydrogens (tertiary/aromatic N) is 1. The average molecular weight is 383 g/mol. The quantitative estimate of drug-likeness (QED) is 0.447. The van der Waals surface area contributed by atoms with E-state index in [9.17, 15) is 9.59 Å². The fraction of sp³-hybridized carbons (Fsp3) is 0.167. The Labute approximate surface area is 166 Å². The summed E-state index contributed by atoms with van der Waals surface area (Å²) in [5, 5.41) is 2.44. The van der Waals surface area contributed by atoms with Crippen molar-refractivity contribution >= 4 is 49.3 Å². The maximum atomic E-state index is 13.2. The predicted molar refractivity (Wildman–Crippen MR) is 121 cm³/mol. The van der Waals surface area contributed by atoms with Gasteiger partial charge < -0.3 is 14.9 Å². The van der Waals surface area contributed by atoms with E-state index in [1.165, 1.54) is 0 Å². The van der Waals surface area contributed by atoms with Gasteiger partial charge in [0.1, 0.15) is 0 Å². The first-order valence-electron chi connectivity index (χ1n) is 9.72. The lowest BCUT2D eigenvalue weighted by Crippen LogP contribution is -2.13. The van der Waals surface area contributed by atoms with Crippen LogP contribution in [-0.2, 0) is 6.42 Å². The zero-order chi connectivity index (χ0) is 20.3. The molecule has 0 spiro atoms. The molecule has 2 N–H and O–H groups in total. The molecule has 0 aliphatic rings. The Morgan fingerprint density at radius 3 is 2.10 bits per heavy atom. The molecule has 0 saturated carbocycles. The summed E-state index contributed by atoms with van der Waals surface area (Å²) in [6.45, 7) is 2.08. The number of hydrogen-bond acceptors (Lipinski definition) is 3. The van der Waals surface area contributed by atoms with Crippen LogP contribution in [0.25, 0.3) is 43.6 Å². The molecule has 5 heteroatoms. The molecule has 0 radical (unpaired) electrons. The van der Waals surface area contributed by atoms with Crippen molar-refractivity contribution in [3.63, 3.8) is 0 Å². The topological polar surface area (TPSA) is 69.0 Å². The fourth-order valence-corrected chi connectivity index (χ4v) is 4.10. The van der Waals surface area contributed by atoms with E-state index in [0.717, 1.165) is 28.7 Å². The van der Waals surface area contributed by atoms with E-state index in [0.29, 0.717) is 32.6 Å². The zero-order valence-electron chi connectivity index (χ0n) is 16.6. The number of para-hydroxylation sites is 1. The monoisotopic (exact) mass is 383 g/mol. The second-order valence-electron chi connectivity index (χ2n) is 7.68. The lowest BCUT2D eigenvalue weighted by atomic mass is 10.0. The van der Waals surface area contributed by atoms with Crippen molar-refractivity contribution in [3.8, 4) is 0 Å². The van der Waals surface area contributed by atoms with Crippen LogP contribution in [0, 0.1) is 0 Å². The summed E-state index contributed by atoms with van der Waals surface area (Å²) in [4.78, 5) is 35.1. The van der Waals surface area contributed by atoms with Crippen LogP contribution in [-0.4, -0.2) is 24.1 Å². The van der Waals surface area contributed by atoms with Gasteiger partial charge in [0.15, 0.2) is 10.9 Å². The fourth-order valence-electron chi connectivity index (χ4n) is 4.10. The van der Waals surface area contributed by atoms with E-state index in [2.05, 4.69) is 16.9 Å². The van der Waals surface area contributed by atoms with E-state index in [-0.39, 0.29) is 10.9 Å². The normalized spacial score (nSPS) is 11.7. The van der Waals surface area contributed by atoms with Crippen LogP contribution in [0.2, 0.25) is 0 Å². The van der Waals surface area contributed by atoms with Crippen molar-refractivity contribution in [2.75, 3.05) is 19.0 Å². The number of aromatic nitrogens is 2. The van der Waals surface area contributed by atoms with E-state index in [4.69, 9.17) is 0 Å². The number of aromatic amines is 2. The highest BCUT2D eigenvalue weighted by molar-refractivity contribution is 6.04. The van der Waals surface area contributed by atoms with Crippen molar-refractivity contribution in [1.29, 1.82) is 0 Å². The van der Waals surface area contributed by atoms with Crippen LogP contribution in [0.15, 0.2) is 58.1 Å². The van der Waals surface area contributed by atoms with Gasteiger partial charge in [-0.15, -0.1) is 0 Å². The highest BCUT2D eigenvalue weighted by Gasteiger charge is 2.13. The minimum absolute atomic E-state index is 0.0276. The molecule has 144 valence electrons. The summed E-state index contributed by atoms with van der Waals surface area (Å²) in [5.74, 6) is 0. The average Bonchev–Trinajstić information content (AvgIpc) is 2.72. The first-order valence-corrected chi connectivity index (χ1v) is 9.72. The van der Waals surface area contributed by atoms with Crippen LogP contribution in [0.1, 0.15) is 12.5 Å². The second kappa shape index (κ2) is 6.21. The lowest BCUT2D eigenvalue weighted by molar-refractivity contribution is 1.14. The molecular weight excluding hydrogens is 362 g/mol. The third-order valence-corrected chi connectivity index (χ3v) is 5.68. The third-order valence-electron chi connectivity index (χ3n) is 5.68. The van der Waals surface area contributed by atoms with E-state index in [1.807, 2.05) is 55.4 Å². The van der Waals surface area contributed by atoms with Crippen LogP contribution in [0.3, 0.4) is 0 Å². The summed E-state index contributed by atoms with van der Waals surface area (Å²) in [7, 11) is 3.89. The Bertz CT molecular complexity index is 1560. The molecule has 5 nitrogen and oxygen atoms in total. The minimum atomic E-state index is -0.0393. The van der Waals surface area contributed by atoms with Crippen LogP contribution >= 0.6 is 0 Å². The zero-order valence-corrected chi connectivity index (χ0v) is 16.6. The van der Waals surface area contributed by atoms with Gasteiger partial charge in [-0.25, -0.2) is 0 Å². The van der Waals surface area contributed by atoms with E-state index < -0.39 is 0 Å². The molecule has 2 aromatic heterocycles. The Morgan fingerprint density at radius 1 is 0.759 bits per heavy atom. The van der Waals surface area contributed by atoms with E-state index in [1.54, 1.807) is 12.1 Å². The van der Waals surface area contributed by atoms with Gasteiger partial charge in [0.25, 0.3) is 0 Å². The number of rotatable bonds is 2. The molecule has 29 heavy (non-hydrogen) atoms. The number of benzene rings is 3. The van der Waals surface area contributed by atoms with Crippen molar-refractivity contribution in [2.45, 2.75) is 13.3 Å². The number of aryl methyl sites for hydroxylation is 1. The molecule has 5 aromatic rings. The van der Waals surface area contributed by atoms with Gasteiger partial charge in [-0.1, -0.05) is 19.1 Å². The molecular formula is C24H21N3O2. The van der Waals surface area contributed by atoms with Gasteiger partial charge in [-0.05, 0) is 48.4 Å². The maximum Gasteiger partial charge on any atom is 0.197 e. The summed E-state index contributed by atoms with van der Waals surface area (Å²) >= 11 is 0. The number of hydrogen-bond donors (Lipinski definition) is 2. The molecule has 0 saturated heterocycles. The number of nitrogens with one attached hydrogen (secondary N) is 2. The van der Waals surface area contributed by atoms with Gasteiger partial charge in [-0.2, -0.15) is 0 Å². The van der Waals surface area contributed by atoms with E-state index >= 15 is 0 Å². The van der Waals surface area contributed by atoms with Crippen LogP contribution in [0.5, 0.6) is 0 Å². The van der Waals surface area contributed by atoms with Gasteiger partial charge in [0.2, 0.25) is 0 Å². The number of H-pyrrole nitrogens is 2. The summed E-state index contributed by atoms with van der Waals surface area (Å²) < 4.78 is 0. The molecule has 0 atom stereocenters. The summed E-state index contributed by atoms with van der Waals surface area (Å²) in [5.41, 5.74) is 4.95. The molecule has 0 aliphatic heterocycles. The standard InChI is InChI=1S/C24H21N3O2/c1-4-13-8-9-14-18(10-13)25-19-11-17-20(12-16(19)23(14)28)26-22-15(24(17)29)6-5-7-21(22)27(2)3/h5-12H,4H2,1-3H3,(H,25,28)(H,26,29). The highest BCUT2D eigenvalue weighted by Crippen LogP contribution is 2.26. The van der Waals surface area contributed by atoms with Gasteiger partial charge >= 0.3 is 0 Å². The van der Waals surface area contributed by atoms with Crippen LogP contribution < -0.4 is 15.8 Å². The SMILES string of the molecule is CCc1ccc2c(=O)c3cc4[nH]c5c(N(C)C)cccc5c(=O)c4cc3[nH]c2c1. The number of fused-ring (bicyclic) bond motifs is 4. The molecule has 0 aliphatic carbocycles. The largest absolute Gasteiger partial charge is 0.376 e. The van der Waals surface area contributed by atoms with Crippen LogP contribution in [0.4, 0.5) is 5.69 Å². The Hall–Kier alpha value is -3.60. The van der Waals surface area contributed by atoms with Gasteiger partial charge in [-0.3, -0.25) is 9.59 Å². The smallest absolute Gasteiger partial charge is 0.197 e. The first-order chi connectivity index (χ1) is 14.0. The van der Waals surface area contributed by atoms with Gasteiger partial charge in [0.05, 0.1) is 27.8 Å². The van der Waals surface area contributed by atoms with Gasteiger partial charge in [0, 0.05) is 35.6 Å². The predicted octanol–water partition coefficient (Wildman–Crippen LogP) is 4.30.